The van der Waals surface area contributed by atoms with E-state index in [-0.39, 0.29) is 11.5 Å². The summed E-state index contributed by atoms with van der Waals surface area (Å²) >= 11 is 0. The second-order valence-corrected chi connectivity index (χ2v) is 7.72. The number of carbonyl (C=O) groups excluding carboxylic acids is 1. The number of anilines is 1. The average Bonchev–Trinajstić information content (AvgIpc) is 3.08. The van der Waals surface area contributed by atoms with Gasteiger partial charge in [0.05, 0.1) is 12.8 Å². The van der Waals surface area contributed by atoms with E-state index in [0.29, 0.717) is 18.5 Å². The molecule has 33 heavy (non-hydrogen) atoms. The Morgan fingerprint density at radius 3 is 2.48 bits per heavy atom. The van der Waals surface area contributed by atoms with Gasteiger partial charge in [0, 0.05) is 30.0 Å². The summed E-state index contributed by atoms with van der Waals surface area (Å²) in [5.74, 6) is 0.129. The first-order chi connectivity index (χ1) is 15.8. The Hall–Kier alpha value is -3.68. The second-order valence-electron chi connectivity index (χ2n) is 7.72. The van der Waals surface area contributed by atoms with Gasteiger partial charge in [0.2, 0.25) is 5.96 Å². The van der Waals surface area contributed by atoms with Gasteiger partial charge in [-0.15, -0.1) is 0 Å². The van der Waals surface area contributed by atoms with Crippen molar-refractivity contribution in [2.45, 2.75) is 40.7 Å². The maximum absolute atomic E-state index is 13.9. The van der Waals surface area contributed by atoms with Gasteiger partial charge in [-0.3, -0.25) is 19.8 Å². The van der Waals surface area contributed by atoms with Crippen molar-refractivity contribution in [1.29, 1.82) is 0 Å². The molecular weight excluding hydrogens is 421 g/mol. The first-order valence-electron chi connectivity index (χ1n) is 10.9. The van der Waals surface area contributed by atoms with Crippen molar-refractivity contribution in [3.8, 4) is 5.75 Å². The van der Waals surface area contributed by atoms with Crippen LogP contribution in [0, 0.1) is 26.6 Å². The number of halogens is 1. The fourth-order valence-electron chi connectivity index (χ4n) is 3.52. The van der Waals surface area contributed by atoms with Crippen molar-refractivity contribution < 1.29 is 13.9 Å². The molecule has 0 bridgehead atoms. The minimum atomic E-state index is -0.445. The molecule has 174 valence electrons. The van der Waals surface area contributed by atoms with E-state index in [1.165, 1.54) is 6.07 Å². The van der Waals surface area contributed by atoms with Crippen LogP contribution in [0.25, 0.3) is 0 Å². The lowest BCUT2D eigenvalue weighted by molar-refractivity contribution is 0.0976. The molecular formula is C25H30FN5O2. The monoisotopic (exact) mass is 451 g/mol. The highest BCUT2D eigenvalue weighted by Gasteiger charge is 2.13. The smallest absolute Gasteiger partial charge is 0.258 e. The van der Waals surface area contributed by atoms with Crippen LogP contribution in [0.1, 0.15) is 39.8 Å². The van der Waals surface area contributed by atoms with Crippen LogP contribution in [-0.4, -0.2) is 35.3 Å². The van der Waals surface area contributed by atoms with Crippen molar-refractivity contribution in [1.82, 2.24) is 15.1 Å². The minimum Gasteiger partial charge on any atom is -0.497 e. The molecule has 2 N–H and O–H groups in total. The Balaban J connectivity index is 1.79. The lowest BCUT2D eigenvalue weighted by atomic mass is 10.1. The predicted molar refractivity (Wildman–Crippen MR) is 129 cm³/mol. The summed E-state index contributed by atoms with van der Waals surface area (Å²) in [5, 5.41) is 10.5. The zero-order valence-electron chi connectivity index (χ0n) is 19.7. The van der Waals surface area contributed by atoms with Crippen LogP contribution >= 0.6 is 0 Å². The molecule has 3 rings (SSSR count). The molecule has 1 aromatic heterocycles. The number of hydrogen-bond acceptors (Lipinski definition) is 4. The van der Waals surface area contributed by atoms with E-state index in [1.54, 1.807) is 26.2 Å². The number of guanidine groups is 1. The van der Waals surface area contributed by atoms with Crippen LogP contribution in [0.5, 0.6) is 5.75 Å². The number of aromatic nitrogens is 2. The molecule has 0 saturated carbocycles. The fourth-order valence-corrected chi connectivity index (χ4v) is 3.52. The van der Waals surface area contributed by atoms with Gasteiger partial charge in [-0.2, -0.15) is 5.10 Å². The number of nitrogens with one attached hydrogen (secondary N) is 2. The van der Waals surface area contributed by atoms with Crippen LogP contribution in [0.2, 0.25) is 0 Å². The number of aliphatic imine (C=N–C) groups is 1. The Morgan fingerprint density at radius 2 is 1.88 bits per heavy atom. The molecule has 1 heterocycles. The van der Waals surface area contributed by atoms with Gasteiger partial charge >= 0.3 is 0 Å². The third-order valence-corrected chi connectivity index (χ3v) is 5.48. The molecule has 0 radical (unpaired) electrons. The number of methoxy groups -OCH3 is 1. The Labute approximate surface area is 193 Å². The molecule has 0 spiro atoms. The molecule has 0 aliphatic rings. The maximum Gasteiger partial charge on any atom is 0.258 e. The van der Waals surface area contributed by atoms with Crippen molar-refractivity contribution in [3.05, 3.63) is 76.4 Å². The van der Waals surface area contributed by atoms with E-state index in [0.717, 1.165) is 34.9 Å². The molecule has 8 heteroatoms. The van der Waals surface area contributed by atoms with Crippen LogP contribution in [0.3, 0.4) is 0 Å². The number of rotatable bonds is 7. The first-order valence-corrected chi connectivity index (χ1v) is 10.9. The Bertz CT molecular complexity index is 1150. The SMILES string of the molecule is CCn1nc(C)c(CCN=C(NC(=O)c2ccc(C)c(F)c2)Nc2ccc(OC)cc2)c1C. The van der Waals surface area contributed by atoms with E-state index < -0.39 is 11.7 Å². The lowest BCUT2D eigenvalue weighted by Crippen LogP contribution is -2.36. The molecule has 0 atom stereocenters. The van der Waals surface area contributed by atoms with Gasteiger partial charge in [-0.1, -0.05) is 6.07 Å². The average molecular weight is 452 g/mol. The van der Waals surface area contributed by atoms with Crippen LogP contribution in [-0.2, 0) is 13.0 Å². The number of benzene rings is 2. The number of hydrogen-bond donors (Lipinski definition) is 2. The largest absolute Gasteiger partial charge is 0.497 e. The predicted octanol–water partition coefficient (Wildman–Crippen LogP) is 4.42. The number of carbonyl (C=O) groups is 1. The van der Waals surface area contributed by atoms with Gasteiger partial charge in [-0.25, -0.2) is 4.39 Å². The summed E-state index contributed by atoms with van der Waals surface area (Å²) in [6, 6.07) is 11.7. The summed E-state index contributed by atoms with van der Waals surface area (Å²) in [4.78, 5) is 17.4. The molecule has 2 aromatic carbocycles. The van der Waals surface area contributed by atoms with Crippen LogP contribution in [0.15, 0.2) is 47.5 Å². The van der Waals surface area contributed by atoms with Gasteiger partial charge in [0.1, 0.15) is 11.6 Å². The highest BCUT2D eigenvalue weighted by atomic mass is 19.1. The van der Waals surface area contributed by atoms with E-state index in [9.17, 15) is 9.18 Å². The van der Waals surface area contributed by atoms with E-state index in [1.807, 2.05) is 42.8 Å². The molecule has 0 aliphatic heterocycles. The normalized spacial score (nSPS) is 11.4. The third kappa shape index (κ3) is 5.97. The Kier molecular flexibility index (Phi) is 7.82. The van der Waals surface area contributed by atoms with Crippen molar-refractivity contribution in [2.75, 3.05) is 19.0 Å². The molecule has 0 saturated heterocycles. The number of aryl methyl sites for hydroxylation is 3. The zero-order chi connectivity index (χ0) is 24.0. The highest BCUT2D eigenvalue weighted by molar-refractivity contribution is 6.10. The molecule has 3 aromatic rings. The lowest BCUT2D eigenvalue weighted by Gasteiger charge is -2.13. The quantitative estimate of drug-likeness (QED) is 0.412. The molecule has 0 unspecified atom stereocenters. The third-order valence-electron chi connectivity index (χ3n) is 5.48. The number of nitrogens with zero attached hydrogens (tertiary/aromatic N) is 3. The zero-order valence-corrected chi connectivity index (χ0v) is 19.7. The minimum absolute atomic E-state index is 0.221. The summed E-state index contributed by atoms with van der Waals surface area (Å²) in [5.41, 5.74) is 4.68. The number of amides is 1. The summed E-state index contributed by atoms with van der Waals surface area (Å²) in [6.07, 6.45) is 0.681. The van der Waals surface area contributed by atoms with Crippen LogP contribution < -0.4 is 15.4 Å². The summed E-state index contributed by atoms with van der Waals surface area (Å²) in [6.45, 7) is 9.00. The standard InChI is InChI=1S/C25H30FN5O2/c1-6-31-18(4)22(17(3)30-31)13-14-27-25(28-20-9-11-21(33-5)12-10-20)29-24(32)19-8-7-16(2)23(26)15-19/h7-12,15H,6,13-14H2,1-5H3,(H2,27,28,29,32). The highest BCUT2D eigenvalue weighted by Crippen LogP contribution is 2.16. The molecule has 7 nitrogen and oxygen atoms in total. The van der Waals surface area contributed by atoms with E-state index in [2.05, 4.69) is 27.6 Å². The summed E-state index contributed by atoms with van der Waals surface area (Å²) in [7, 11) is 1.60. The maximum atomic E-state index is 13.9. The van der Waals surface area contributed by atoms with Crippen molar-refractivity contribution in [2.24, 2.45) is 4.99 Å². The molecule has 0 fully saturated rings. The summed E-state index contributed by atoms with van der Waals surface area (Å²) < 4.78 is 21.1. The van der Waals surface area contributed by atoms with Gasteiger partial charge in [0.25, 0.3) is 5.91 Å². The molecule has 1 amide bonds. The Morgan fingerprint density at radius 1 is 1.15 bits per heavy atom. The van der Waals surface area contributed by atoms with Crippen molar-refractivity contribution >= 4 is 17.6 Å². The first kappa shape index (κ1) is 24.0. The van der Waals surface area contributed by atoms with Crippen LogP contribution in [0.4, 0.5) is 10.1 Å². The second kappa shape index (κ2) is 10.8. The van der Waals surface area contributed by atoms with E-state index >= 15 is 0 Å². The fraction of sp³-hybridized carbons (Fsp3) is 0.320. The van der Waals surface area contributed by atoms with Gasteiger partial charge in [0.15, 0.2) is 0 Å². The topological polar surface area (TPSA) is 80.5 Å². The van der Waals surface area contributed by atoms with Gasteiger partial charge < -0.3 is 10.1 Å². The number of ether oxygens (including phenoxy) is 1. The van der Waals surface area contributed by atoms with E-state index in [4.69, 9.17) is 4.74 Å². The van der Waals surface area contributed by atoms with Gasteiger partial charge in [-0.05, 0) is 81.6 Å². The molecule has 0 aliphatic carbocycles. The van der Waals surface area contributed by atoms with Crippen molar-refractivity contribution in [3.63, 3.8) is 0 Å².